The number of carbonyl (C=O) groups excluding carboxylic acids is 1. The maximum absolute atomic E-state index is 12.3. The van der Waals surface area contributed by atoms with Crippen molar-refractivity contribution in [2.75, 3.05) is 26.2 Å². The van der Waals surface area contributed by atoms with Crippen LogP contribution in [0.15, 0.2) is 0 Å². The monoisotopic (exact) mass is 276 g/mol. The van der Waals surface area contributed by atoms with Crippen molar-refractivity contribution >= 4 is 5.91 Å². The van der Waals surface area contributed by atoms with Gasteiger partial charge in [-0.15, -0.1) is 6.42 Å². The molecule has 6 heteroatoms. The molecule has 0 aliphatic carbocycles. The normalized spacial score (nSPS) is 11.7. The fraction of sp³-hybridized carbons (Fsp3) is 0.769. The molecular weight excluding hydrogens is 254 g/mol. The highest BCUT2D eigenvalue weighted by molar-refractivity contribution is 5.79. The van der Waals surface area contributed by atoms with E-state index >= 15 is 0 Å². The summed E-state index contributed by atoms with van der Waals surface area (Å²) in [6, 6.07) is 0. The summed E-state index contributed by atoms with van der Waals surface area (Å²) in [7, 11) is 0. The molecular formula is C13H22F2N2O2. The van der Waals surface area contributed by atoms with E-state index in [-0.39, 0.29) is 19.7 Å². The fourth-order valence-corrected chi connectivity index (χ4v) is 1.75. The highest BCUT2D eigenvalue weighted by Gasteiger charge is 2.26. The van der Waals surface area contributed by atoms with Crippen molar-refractivity contribution in [1.29, 1.82) is 0 Å². The molecule has 0 unspecified atom stereocenters. The van der Waals surface area contributed by atoms with Crippen molar-refractivity contribution in [3.63, 3.8) is 0 Å². The van der Waals surface area contributed by atoms with Crippen molar-refractivity contribution in [3.8, 4) is 12.3 Å². The van der Waals surface area contributed by atoms with Crippen LogP contribution in [-0.4, -0.2) is 54.1 Å². The van der Waals surface area contributed by atoms with Gasteiger partial charge in [0.2, 0.25) is 5.91 Å². The first kappa shape index (κ1) is 17.8. The Kier molecular flexibility index (Phi) is 8.28. The smallest absolute Gasteiger partial charge is 0.251 e. The molecule has 0 aliphatic heterocycles. The number of aliphatic hydroxyl groups is 1. The van der Waals surface area contributed by atoms with E-state index in [1.54, 1.807) is 0 Å². The number of halogens is 2. The van der Waals surface area contributed by atoms with E-state index in [2.05, 4.69) is 11.2 Å². The number of nitrogens with one attached hydrogen (secondary N) is 1. The predicted molar refractivity (Wildman–Crippen MR) is 69.8 cm³/mol. The lowest BCUT2D eigenvalue weighted by molar-refractivity contribution is -0.124. The van der Waals surface area contributed by atoms with Crippen molar-refractivity contribution in [1.82, 2.24) is 10.2 Å². The van der Waals surface area contributed by atoms with Gasteiger partial charge in [-0.1, -0.05) is 19.8 Å². The van der Waals surface area contributed by atoms with Gasteiger partial charge in [0, 0.05) is 6.54 Å². The minimum absolute atomic E-state index is 0.0268. The molecule has 2 N–H and O–H groups in total. The van der Waals surface area contributed by atoms with Crippen LogP contribution in [0, 0.1) is 12.3 Å². The number of hydrogen-bond donors (Lipinski definition) is 2. The summed E-state index contributed by atoms with van der Waals surface area (Å²) in [6.07, 6.45) is 4.00. The first-order valence-electron chi connectivity index (χ1n) is 6.33. The minimum Gasteiger partial charge on any atom is -0.395 e. The number of rotatable bonds is 9. The standard InChI is InChI=1S/C13H22F2N2O2/c1-4-13(5-2,6-3)16-12(19)10-17(7-8-18)9-11(14)15/h1,11,18H,5-10H2,2-3H3,(H,16,19). The molecule has 1 amide bonds. The van der Waals surface area contributed by atoms with Gasteiger partial charge in [0.15, 0.2) is 0 Å². The lowest BCUT2D eigenvalue weighted by Gasteiger charge is -2.29. The molecule has 0 spiro atoms. The first-order valence-corrected chi connectivity index (χ1v) is 6.33. The van der Waals surface area contributed by atoms with Crippen LogP contribution in [-0.2, 0) is 4.79 Å². The Hall–Kier alpha value is -1.19. The second kappa shape index (κ2) is 8.83. The summed E-state index contributed by atoms with van der Waals surface area (Å²) in [5.74, 6) is 2.14. The summed E-state index contributed by atoms with van der Waals surface area (Å²) < 4.78 is 24.6. The topological polar surface area (TPSA) is 52.6 Å². The Morgan fingerprint density at radius 3 is 2.42 bits per heavy atom. The largest absolute Gasteiger partial charge is 0.395 e. The second-order valence-corrected chi connectivity index (χ2v) is 4.33. The van der Waals surface area contributed by atoms with Crippen LogP contribution in [0.1, 0.15) is 26.7 Å². The summed E-state index contributed by atoms with van der Waals surface area (Å²) in [4.78, 5) is 13.0. The van der Waals surface area contributed by atoms with Crippen molar-refractivity contribution in [2.45, 2.75) is 38.7 Å². The van der Waals surface area contributed by atoms with Crippen molar-refractivity contribution < 1.29 is 18.7 Å². The predicted octanol–water partition coefficient (Wildman–Crippen LogP) is 0.854. The minimum atomic E-state index is -2.55. The van der Waals surface area contributed by atoms with Gasteiger partial charge in [-0.05, 0) is 12.8 Å². The molecule has 0 aromatic carbocycles. The summed E-state index contributed by atoms with van der Waals surface area (Å²) in [5.41, 5.74) is -0.729. The van der Waals surface area contributed by atoms with Crippen LogP contribution >= 0.6 is 0 Å². The molecule has 19 heavy (non-hydrogen) atoms. The molecule has 0 bridgehead atoms. The second-order valence-electron chi connectivity index (χ2n) is 4.33. The molecule has 0 saturated carbocycles. The number of carbonyl (C=O) groups is 1. The molecule has 0 radical (unpaired) electrons. The number of nitrogens with zero attached hydrogens (tertiary/aromatic N) is 1. The summed E-state index contributed by atoms with van der Waals surface area (Å²) in [6.45, 7) is 2.72. The zero-order valence-corrected chi connectivity index (χ0v) is 11.5. The zero-order chi connectivity index (χ0) is 14.9. The van der Waals surface area contributed by atoms with Crippen LogP contribution in [0.25, 0.3) is 0 Å². The van der Waals surface area contributed by atoms with Crippen LogP contribution in [0.2, 0.25) is 0 Å². The van der Waals surface area contributed by atoms with E-state index in [0.717, 1.165) is 0 Å². The molecule has 0 fully saturated rings. The Labute approximate surface area is 113 Å². The van der Waals surface area contributed by atoms with E-state index in [9.17, 15) is 13.6 Å². The average molecular weight is 276 g/mol. The molecule has 0 atom stereocenters. The highest BCUT2D eigenvalue weighted by Crippen LogP contribution is 2.13. The molecule has 0 aliphatic rings. The highest BCUT2D eigenvalue weighted by atomic mass is 19.3. The maximum atomic E-state index is 12.3. The third kappa shape index (κ3) is 6.50. The summed E-state index contributed by atoms with van der Waals surface area (Å²) in [5, 5.41) is 11.5. The molecule has 110 valence electrons. The number of terminal acetylenes is 1. The van der Waals surface area contributed by atoms with Crippen LogP contribution in [0.4, 0.5) is 8.78 Å². The maximum Gasteiger partial charge on any atom is 0.251 e. The molecule has 0 heterocycles. The Bertz CT molecular complexity index is 312. The van der Waals surface area contributed by atoms with Gasteiger partial charge in [0.05, 0.1) is 19.7 Å². The Morgan fingerprint density at radius 2 is 2.05 bits per heavy atom. The van der Waals surface area contributed by atoms with Crippen molar-refractivity contribution in [2.24, 2.45) is 0 Å². The van der Waals surface area contributed by atoms with Crippen LogP contribution in [0.5, 0.6) is 0 Å². The lowest BCUT2D eigenvalue weighted by atomic mass is 9.94. The molecule has 4 nitrogen and oxygen atoms in total. The zero-order valence-electron chi connectivity index (χ0n) is 11.5. The van der Waals surface area contributed by atoms with Crippen molar-refractivity contribution in [3.05, 3.63) is 0 Å². The van der Waals surface area contributed by atoms with E-state index in [0.29, 0.717) is 12.8 Å². The number of hydrogen-bond acceptors (Lipinski definition) is 3. The number of amides is 1. The van der Waals surface area contributed by atoms with Gasteiger partial charge in [0.25, 0.3) is 6.43 Å². The average Bonchev–Trinajstić information content (AvgIpc) is 2.35. The molecule has 0 saturated heterocycles. The van der Waals surface area contributed by atoms with E-state index in [4.69, 9.17) is 11.5 Å². The van der Waals surface area contributed by atoms with Gasteiger partial charge in [-0.3, -0.25) is 9.69 Å². The lowest BCUT2D eigenvalue weighted by Crippen LogP contribution is -2.50. The Balaban J connectivity index is 4.52. The van der Waals surface area contributed by atoms with Gasteiger partial charge in [-0.25, -0.2) is 8.78 Å². The van der Waals surface area contributed by atoms with Crippen LogP contribution < -0.4 is 5.32 Å². The van der Waals surface area contributed by atoms with Gasteiger partial charge >= 0.3 is 0 Å². The van der Waals surface area contributed by atoms with Gasteiger partial charge < -0.3 is 10.4 Å². The third-order valence-electron chi connectivity index (χ3n) is 3.04. The van der Waals surface area contributed by atoms with E-state index in [1.165, 1.54) is 4.90 Å². The van der Waals surface area contributed by atoms with E-state index < -0.39 is 24.4 Å². The Morgan fingerprint density at radius 1 is 1.47 bits per heavy atom. The van der Waals surface area contributed by atoms with Gasteiger partial charge in [-0.2, -0.15) is 0 Å². The van der Waals surface area contributed by atoms with Gasteiger partial charge in [0.1, 0.15) is 5.54 Å². The molecule has 0 aromatic rings. The summed E-state index contributed by atoms with van der Waals surface area (Å²) >= 11 is 0. The molecule has 0 rings (SSSR count). The number of alkyl halides is 2. The first-order chi connectivity index (χ1) is 8.92. The fourth-order valence-electron chi connectivity index (χ4n) is 1.75. The van der Waals surface area contributed by atoms with Crippen LogP contribution in [0.3, 0.4) is 0 Å². The quantitative estimate of drug-likeness (QED) is 0.614. The SMILES string of the molecule is C#CC(CC)(CC)NC(=O)CN(CCO)CC(F)F. The third-order valence-corrected chi connectivity index (χ3v) is 3.04. The number of aliphatic hydroxyl groups excluding tert-OH is 1. The molecule has 0 aromatic heterocycles. The van der Waals surface area contributed by atoms with E-state index in [1.807, 2.05) is 13.8 Å².